The van der Waals surface area contributed by atoms with E-state index in [1.807, 2.05) is 0 Å². The highest BCUT2D eigenvalue weighted by atomic mass is 32.2. The van der Waals surface area contributed by atoms with Gasteiger partial charge in [0.2, 0.25) is 5.91 Å². The smallest absolute Gasteiger partial charge is 0.225 e. The van der Waals surface area contributed by atoms with Gasteiger partial charge in [0.05, 0.1) is 0 Å². The molecule has 0 aliphatic carbocycles. The second-order valence-corrected chi connectivity index (χ2v) is 8.29. The molecule has 0 atom stereocenters. The molecule has 1 aromatic carbocycles. The Morgan fingerprint density at radius 2 is 1.67 bits per heavy atom. The highest BCUT2D eigenvalue weighted by Crippen LogP contribution is 2.24. The second-order valence-electron chi connectivity index (χ2n) is 7.41. The Morgan fingerprint density at radius 3 is 2.25 bits per heavy atom. The van der Waals surface area contributed by atoms with Crippen LogP contribution in [0, 0.1) is 11.8 Å². The van der Waals surface area contributed by atoms with Crippen LogP contribution in [0.25, 0.3) is 0 Å². The Balaban J connectivity index is 1.45. The van der Waals surface area contributed by atoms with Crippen LogP contribution < -0.4 is 0 Å². The van der Waals surface area contributed by atoms with E-state index in [9.17, 15) is 4.79 Å². The van der Waals surface area contributed by atoms with Crippen molar-refractivity contribution in [1.29, 1.82) is 0 Å². The summed E-state index contributed by atoms with van der Waals surface area (Å²) in [6.07, 6.45) is 6.51. The average molecular weight is 347 g/mol. The van der Waals surface area contributed by atoms with E-state index in [0.29, 0.717) is 5.91 Å². The van der Waals surface area contributed by atoms with E-state index in [1.165, 1.54) is 23.3 Å². The van der Waals surface area contributed by atoms with Gasteiger partial charge >= 0.3 is 0 Å². The predicted octanol–water partition coefficient (Wildman–Crippen LogP) is 3.88. The van der Waals surface area contributed by atoms with Gasteiger partial charge in [-0.15, -0.1) is 11.8 Å². The van der Waals surface area contributed by atoms with Crippen LogP contribution in [0.3, 0.4) is 0 Å². The summed E-state index contributed by atoms with van der Waals surface area (Å²) in [6, 6.07) is 8.87. The van der Waals surface area contributed by atoms with Crippen molar-refractivity contribution in [2.75, 3.05) is 32.4 Å². The van der Waals surface area contributed by atoms with Crippen LogP contribution in [0.1, 0.15) is 38.2 Å². The highest BCUT2D eigenvalue weighted by molar-refractivity contribution is 7.98. The lowest BCUT2D eigenvalue weighted by Gasteiger charge is -2.36. The van der Waals surface area contributed by atoms with Gasteiger partial charge in [-0.25, -0.2) is 0 Å². The fourth-order valence-electron chi connectivity index (χ4n) is 3.81. The van der Waals surface area contributed by atoms with E-state index >= 15 is 0 Å². The molecule has 2 aliphatic heterocycles. The van der Waals surface area contributed by atoms with Crippen LogP contribution in [-0.4, -0.2) is 48.1 Å². The Kier molecular flexibility index (Phi) is 6.23. The average Bonchev–Trinajstić information content (AvgIpc) is 2.63. The standard InChI is InChI=1S/C20H30N2OS/c1-16-7-13-22(14-8-16)20(23)18-9-11-21(12-10-18)15-17-3-5-19(24-2)6-4-17/h3-6,16,18H,7-15H2,1-2H3. The first-order chi connectivity index (χ1) is 11.7. The first-order valence-corrected chi connectivity index (χ1v) is 10.5. The summed E-state index contributed by atoms with van der Waals surface area (Å²) in [4.78, 5) is 18.6. The van der Waals surface area contributed by atoms with Crippen molar-refractivity contribution < 1.29 is 4.79 Å². The number of carbonyl (C=O) groups is 1. The van der Waals surface area contributed by atoms with Crippen molar-refractivity contribution in [2.45, 2.75) is 44.0 Å². The Labute approximate surface area is 150 Å². The van der Waals surface area contributed by atoms with E-state index in [-0.39, 0.29) is 5.92 Å². The molecular weight excluding hydrogens is 316 g/mol. The third-order valence-corrected chi connectivity index (χ3v) is 6.34. The fraction of sp³-hybridized carbons (Fsp3) is 0.650. The van der Waals surface area contributed by atoms with Crippen LogP contribution in [0.4, 0.5) is 0 Å². The van der Waals surface area contributed by atoms with E-state index in [4.69, 9.17) is 0 Å². The lowest BCUT2D eigenvalue weighted by molar-refractivity contribution is -0.138. The Morgan fingerprint density at radius 1 is 1.04 bits per heavy atom. The second kappa shape index (κ2) is 8.39. The molecule has 0 bridgehead atoms. The fourth-order valence-corrected chi connectivity index (χ4v) is 4.22. The lowest BCUT2D eigenvalue weighted by Crippen LogP contribution is -2.45. The van der Waals surface area contributed by atoms with Gasteiger partial charge in [-0.2, -0.15) is 0 Å². The minimum absolute atomic E-state index is 0.258. The highest BCUT2D eigenvalue weighted by Gasteiger charge is 2.30. The third kappa shape index (κ3) is 4.54. The molecule has 1 amide bonds. The molecule has 4 heteroatoms. The maximum Gasteiger partial charge on any atom is 0.225 e. The molecule has 0 unspecified atom stereocenters. The quantitative estimate of drug-likeness (QED) is 0.773. The molecule has 132 valence electrons. The molecule has 2 heterocycles. The maximum atomic E-state index is 12.7. The zero-order valence-electron chi connectivity index (χ0n) is 15.0. The Hall–Kier alpha value is -1.00. The topological polar surface area (TPSA) is 23.6 Å². The molecule has 1 aromatic rings. The Bertz CT molecular complexity index is 529. The molecule has 3 rings (SSSR count). The van der Waals surface area contributed by atoms with Crippen molar-refractivity contribution in [3.05, 3.63) is 29.8 Å². The molecular formula is C20H30N2OS. The van der Waals surface area contributed by atoms with Crippen molar-refractivity contribution >= 4 is 17.7 Å². The SMILES string of the molecule is CSc1ccc(CN2CCC(C(=O)N3CCC(C)CC3)CC2)cc1. The van der Waals surface area contributed by atoms with E-state index < -0.39 is 0 Å². The van der Waals surface area contributed by atoms with E-state index in [1.54, 1.807) is 11.8 Å². The van der Waals surface area contributed by atoms with Gasteiger partial charge in [0.15, 0.2) is 0 Å². The predicted molar refractivity (Wildman–Crippen MR) is 101 cm³/mol. The third-order valence-electron chi connectivity index (χ3n) is 5.60. The van der Waals surface area contributed by atoms with Gasteiger partial charge < -0.3 is 4.90 Å². The van der Waals surface area contributed by atoms with Crippen LogP contribution in [0.5, 0.6) is 0 Å². The maximum absolute atomic E-state index is 12.7. The number of amides is 1. The summed E-state index contributed by atoms with van der Waals surface area (Å²) in [7, 11) is 0. The number of thioether (sulfide) groups is 1. The van der Waals surface area contributed by atoms with E-state index in [2.05, 4.69) is 47.2 Å². The molecule has 0 aromatic heterocycles. The van der Waals surface area contributed by atoms with Crippen molar-refractivity contribution in [2.24, 2.45) is 11.8 Å². The van der Waals surface area contributed by atoms with Crippen LogP contribution in [-0.2, 0) is 11.3 Å². The molecule has 2 fully saturated rings. The van der Waals surface area contributed by atoms with Crippen molar-refractivity contribution in [3.8, 4) is 0 Å². The number of carbonyl (C=O) groups excluding carboxylic acids is 1. The van der Waals surface area contributed by atoms with Crippen LogP contribution in [0.2, 0.25) is 0 Å². The lowest BCUT2D eigenvalue weighted by atomic mass is 9.92. The zero-order valence-corrected chi connectivity index (χ0v) is 15.9. The first-order valence-electron chi connectivity index (χ1n) is 9.30. The molecule has 2 aliphatic rings. The molecule has 3 nitrogen and oxygen atoms in total. The summed E-state index contributed by atoms with van der Waals surface area (Å²) < 4.78 is 0. The number of hydrogen-bond acceptors (Lipinski definition) is 3. The minimum Gasteiger partial charge on any atom is -0.342 e. The summed E-state index contributed by atoms with van der Waals surface area (Å²) in [6.45, 7) is 7.35. The first kappa shape index (κ1) is 17.8. The normalized spacial score (nSPS) is 21.2. The summed E-state index contributed by atoms with van der Waals surface area (Å²) >= 11 is 1.78. The molecule has 0 saturated carbocycles. The van der Waals surface area contributed by atoms with Gasteiger partial charge in [0.25, 0.3) is 0 Å². The van der Waals surface area contributed by atoms with E-state index in [0.717, 1.165) is 51.5 Å². The number of nitrogens with zero attached hydrogens (tertiary/aromatic N) is 2. The molecule has 2 saturated heterocycles. The van der Waals surface area contributed by atoms with Gasteiger partial charge in [-0.1, -0.05) is 19.1 Å². The van der Waals surface area contributed by atoms with Crippen LogP contribution >= 0.6 is 11.8 Å². The van der Waals surface area contributed by atoms with Crippen molar-refractivity contribution in [3.63, 3.8) is 0 Å². The largest absolute Gasteiger partial charge is 0.342 e. The molecule has 0 N–H and O–H groups in total. The zero-order chi connectivity index (χ0) is 16.9. The van der Waals surface area contributed by atoms with Gasteiger partial charge in [-0.3, -0.25) is 9.69 Å². The molecule has 0 radical (unpaired) electrons. The van der Waals surface area contributed by atoms with Gasteiger partial charge in [0, 0.05) is 30.4 Å². The van der Waals surface area contributed by atoms with Crippen molar-refractivity contribution in [1.82, 2.24) is 9.80 Å². The molecule has 0 spiro atoms. The minimum atomic E-state index is 0.258. The molecule has 24 heavy (non-hydrogen) atoms. The monoisotopic (exact) mass is 346 g/mol. The number of benzene rings is 1. The summed E-state index contributed by atoms with van der Waals surface area (Å²) in [5.41, 5.74) is 1.38. The number of hydrogen-bond donors (Lipinski definition) is 0. The van der Waals surface area contributed by atoms with Gasteiger partial charge in [-0.05, 0) is 68.6 Å². The number of piperidine rings is 2. The van der Waals surface area contributed by atoms with Crippen LogP contribution in [0.15, 0.2) is 29.2 Å². The summed E-state index contributed by atoms with van der Waals surface area (Å²) in [5.74, 6) is 1.47. The summed E-state index contributed by atoms with van der Waals surface area (Å²) in [5, 5.41) is 0. The number of likely N-dealkylation sites (tertiary alicyclic amines) is 2. The number of rotatable bonds is 4. The van der Waals surface area contributed by atoms with Gasteiger partial charge in [0.1, 0.15) is 0 Å².